The van der Waals surface area contributed by atoms with E-state index in [-0.39, 0.29) is 5.91 Å². The number of anilines is 3. The van der Waals surface area contributed by atoms with Crippen molar-refractivity contribution in [2.45, 2.75) is 0 Å². The van der Waals surface area contributed by atoms with Crippen LogP contribution in [0.25, 0.3) is 0 Å². The Kier molecular flexibility index (Phi) is 1.76. The first-order valence-electron chi connectivity index (χ1n) is 4.58. The van der Waals surface area contributed by atoms with Crippen molar-refractivity contribution in [3.05, 3.63) is 40.6 Å². The van der Waals surface area contributed by atoms with E-state index in [1.54, 1.807) is 11.3 Å². The minimum atomic E-state index is -0.0600. The fraction of sp³-hybridized carbons (Fsp3) is 0. The zero-order chi connectivity index (χ0) is 10.3. The third-order valence-electron chi connectivity index (χ3n) is 2.35. The van der Waals surface area contributed by atoms with E-state index in [4.69, 9.17) is 0 Å². The minimum Gasteiger partial charge on any atom is -0.352 e. The second-order valence-corrected chi connectivity index (χ2v) is 4.07. The average molecular weight is 216 g/mol. The van der Waals surface area contributed by atoms with Crippen LogP contribution in [0.4, 0.5) is 17.1 Å². The second-order valence-electron chi connectivity index (χ2n) is 3.32. The number of para-hydroxylation sites is 1. The number of nitrogens with one attached hydrogen (secondary N) is 2. The Bertz CT molecular complexity index is 533. The predicted molar refractivity (Wildman–Crippen MR) is 62.0 cm³/mol. The summed E-state index contributed by atoms with van der Waals surface area (Å²) < 4.78 is 0. The summed E-state index contributed by atoms with van der Waals surface area (Å²) in [6, 6.07) is 7.49. The van der Waals surface area contributed by atoms with Crippen LogP contribution < -0.4 is 10.6 Å². The Morgan fingerprint density at radius 1 is 0.933 bits per heavy atom. The van der Waals surface area contributed by atoms with E-state index in [9.17, 15) is 4.79 Å². The van der Waals surface area contributed by atoms with Crippen molar-refractivity contribution in [3.8, 4) is 0 Å². The number of rotatable bonds is 0. The molecule has 1 amide bonds. The summed E-state index contributed by atoms with van der Waals surface area (Å²) in [5, 5.41) is 10.0. The number of carbonyl (C=O) groups is 1. The zero-order valence-corrected chi connectivity index (χ0v) is 8.60. The lowest BCUT2D eigenvalue weighted by Crippen LogP contribution is -2.09. The topological polar surface area (TPSA) is 41.1 Å². The van der Waals surface area contributed by atoms with Crippen LogP contribution in [0.3, 0.4) is 0 Å². The number of amides is 1. The Balaban J connectivity index is 2.19. The predicted octanol–water partition coefficient (Wildman–Crippen LogP) is 3.06. The van der Waals surface area contributed by atoms with E-state index in [0.29, 0.717) is 5.56 Å². The van der Waals surface area contributed by atoms with Crippen molar-refractivity contribution < 1.29 is 4.79 Å². The molecule has 2 aromatic rings. The first kappa shape index (κ1) is 8.49. The monoisotopic (exact) mass is 216 g/mol. The highest BCUT2D eigenvalue weighted by Gasteiger charge is 2.18. The molecule has 1 aromatic carbocycles. The number of thiophene rings is 1. The number of fused-ring (bicyclic) bond motifs is 2. The van der Waals surface area contributed by atoms with E-state index in [2.05, 4.69) is 10.6 Å². The van der Waals surface area contributed by atoms with Gasteiger partial charge in [0.25, 0.3) is 5.91 Å². The van der Waals surface area contributed by atoms with Crippen LogP contribution in [-0.2, 0) is 0 Å². The molecule has 0 radical (unpaired) electrons. The molecule has 2 heterocycles. The van der Waals surface area contributed by atoms with Gasteiger partial charge < -0.3 is 10.6 Å². The third kappa shape index (κ3) is 1.30. The molecule has 0 fully saturated rings. The van der Waals surface area contributed by atoms with Gasteiger partial charge in [0.05, 0.1) is 22.6 Å². The summed E-state index contributed by atoms with van der Waals surface area (Å²) in [4.78, 5) is 11.8. The maximum absolute atomic E-state index is 11.8. The van der Waals surface area contributed by atoms with Crippen LogP contribution >= 0.6 is 11.3 Å². The van der Waals surface area contributed by atoms with Crippen LogP contribution in [0.5, 0.6) is 0 Å². The number of benzene rings is 1. The third-order valence-corrected chi connectivity index (χ3v) is 3.09. The molecule has 4 heteroatoms. The van der Waals surface area contributed by atoms with E-state index < -0.39 is 0 Å². The van der Waals surface area contributed by atoms with Gasteiger partial charge in [-0.25, -0.2) is 0 Å². The van der Waals surface area contributed by atoms with Crippen molar-refractivity contribution in [2.24, 2.45) is 0 Å². The van der Waals surface area contributed by atoms with Crippen LogP contribution in [0.15, 0.2) is 35.0 Å². The summed E-state index contributed by atoms with van der Waals surface area (Å²) in [6.07, 6.45) is 0. The van der Waals surface area contributed by atoms with E-state index in [1.807, 2.05) is 35.0 Å². The van der Waals surface area contributed by atoms with Crippen molar-refractivity contribution in [3.63, 3.8) is 0 Å². The highest BCUT2D eigenvalue weighted by molar-refractivity contribution is 7.09. The lowest BCUT2D eigenvalue weighted by Gasteiger charge is -2.04. The maximum atomic E-state index is 11.8. The van der Waals surface area contributed by atoms with E-state index in [0.717, 1.165) is 17.1 Å². The number of carbonyl (C=O) groups excluding carboxylic acids is 1. The summed E-state index contributed by atoms with van der Waals surface area (Å²) in [5.41, 5.74) is 3.34. The summed E-state index contributed by atoms with van der Waals surface area (Å²) in [7, 11) is 0. The largest absolute Gasteiger partial charge is 0.352 e. The number of hydrogen-bond donors (Lipinski definition) is 2. The van der Waals surface area contributed by atoms with Gasteiger partial charge in [0.15, 0.2) is 0 Å². The maximum Gasteiger partial charge on any atom is 0.257 e. The average Bonchev–Trinajstić information content (AvgIpc) is 2.61. The SMILES string of the molecule is O=C1Nc2cscc2Nc2ccccc21. The molecule has 74 valence electrons. The molecule has 2 N–H and O–H groups in total. The molecule has 0 unspecified atom stereocenters. The molecular formula is C11H8N2OS. The van der Waals surface area contributed by atoms with Gasteiger partial charge in [0.1, 0.15) is 0 Å². The molecule has 15 heavy (non-hydrogen) atoms. The molecule has 3 rings (SSSR count). The van der Waals surface area contributed by atoms with Gasteiger partial charge in [-0.2, -0.15) is 0 Å². The van der Waals surface area contributed by atoms with Crippen molar-refractivity contribution >= 4 is 34.3 Å². The molecule has 0 spiro atoms. The smallest absolute Gasteiger partial charge is 0.257 e. The Morgan fingerprint density at radius 2 is 1.67 bits per heavy atom. The molecule has 1 aliphatic rings. The highest BCUT2D eigenvalue weighted by Crippen LogP contribution is 2.34. The quantitative estimate of drug-likeness (QED) is 0.710. The lowest BCUT2D eigenvalue weighted by atomic mass is 10.1. The standard InChI is InChI=1S/C11H8N2OS/c14-11-7-3-1-2-4-8(7)12-9-5-15-6-10(9)13-11/h1-6,12H,(H,13,14). The Morgan fingerprint density at radius 3 is 2.53 bits per heavy atom. The second kappa shape index (κ2) is 3.10. The minimum absolute atomic E-state index is 0.0600. The summed E-state index contributed by atoms with van der Waals surface area (Å²) >= 11 is 1.56. The lowest BCUT2D eigenvalue weighted by molar-refractivity contribution is 0.102. The van der Waals surface area contributed by atoms with Crippen LogP contribution in [-0.4, -0.2) is 5.91 Å². The number of hydrogen-bond acceptors (Lipinski definition) is 3. The molecule has 0 saturated heterocycles. The summed E-state index contributed by atoms with van der Waals surface area (Å²) in [5.74, 6) is -0.0600. The van der Waals surface area contributed by atoms with Gasteiger partial charge in [0, 0.05) is 10.8 Å². The molecule has 0 saturated carbocycles. The van der Waals surface area contributed by atoms with Crippen molar-refractivity contribution in [2.75, 3.05) is 10.6 Å². The molecule has 3 nitrogen and oxygen atoms in total. The van der Waals surface area contributed by atoms with Gasteiger partial charge in [-0.05, 0) is 12.1 Å². The van der Waals surface area contributed by atoms with E-state index >= 15 is 0 Å². The highest BCUT2D eigenvalue weighted by atomic mass is 32.1. The van der Waals surface area contributed by atoms with Gasteiger partial charge in [-0.15, -0.1) is 11.3 Å². The first-order valence-corrected chi connectivity index (χ1v) is 5.52. The molecule has 0 bridgehead atoms. The molecule has 1 aromatic heterocycles. The van der Waals surface area contributed by atoms with Gasteiger partial charge in [-0.1, -0.05) is 12.1 Å². The Labute approximate surface area is 90.7 Å². The van der Waals surface area contributed by atoms with Crippen LogP contribution in [0.2, 0.25) is 0 Å². The van der Waals surface area contributed by atoms with Crippen molar-refractivity contribution in [1.82, 2.24) is 0 Å². The van der Waals surface area contributed by atoms with Gasteiger partial charge in [0.2, 0.25) is 0 Å². The van der Waals surface area contributed by atoms with Crippen molar-refractivity contribution in [1.29, 1.82) is 0 Å². The molecule has 1 aliphatic heterocycles. The zero-order valence-electron chi connectivity index (χ0n) is 7.78. The van der Waals surface area contributed by atoms with Gasteiger partial charge in [-0.3, -0.25) is 4.79 Å². The fourth-order valence-electron chi connectivity index (χ4n) is 1.62. The molecule has 0 aliphatic carbocycles. The first-order chi connectivity index (χ1) is 7.34. The fourth-order valence-corrected chi connectivity index (χ4v) is 2.33. The van der Waals surface area contributed by atoms with Crippen LogP contribution in [0, 0.1) is 0 Å². The Hall–Kier alpha value is -1.81. The van der Waals surface area contributed by atoms with Gasteiger partial charge >= 0.3 is 0 Å². The molecular weight excluding hydrogens is 208 g/mol. The normalized spacial score (nSPS) is 13.2. The van der Waals surface area contributed by atoms with Crippen LogP contribution in [0.1, 0.15) is 10.4 Å². The molecule has 0 atom stereocenters. The summed E-state index contributed by atoms with van der Waals surface area (Å²) in [6.45, 7) is 0. The van der Waals surface area contributed by atoms with E-state index in [1.165, 1.54) is 0 Å².